The molecule has 0 aromatic rings. The number of aliphatic carboxylic acids is 1. The molecule has 1 fully saturated rings. The fourth-order valence-corrected chi connectivity index (χ4v) is 1.04. The molecule has 2 N–H and O–H groups in total. The first-order valence-corrected chi connectivity index (χ1v) is 3.40. The summed E-state index contributed by atoms with van der Waals surface area (Å²) >= 11 is 0. The van der Waals surface area contributed by atoms with E-state index in [1.807, 2.05) is 0 Å². The van der Waals surface area contributed by atoms with E-state index in [-0.39, 0.29) is 12.3 Å². The number of carboxylic acids is 1. The van der Waals surface area contributed by atoms with E-state index in [0.717, 1.165) is 13.0 Å². The SMILES string of the molecule is O=C(O)CC1CC[N]NC1. The number of hydrogen-bond acceptors (Lipinski definition) is 2. The predicted molar refractivity (Wildman–Crippen MR) is 35.4 cm³/mol. The molecule has 1 heterocycles. The summed E-state index contributed by atoms with van der Waals surface area (Å²) in [4.78, 5) is 10.2. The number of carboxylic acid groups (broad SMARTS) is 1. The lowest BCUT2D eigenvalue weighted by Gasteiger charge is -2.19. The number of nitrogens with one attached hydrogen (secondary N) is 1. The second kappa shape index (κ2) is 3.53. The molecular weight excluding hydrogens is 132 g/mol. The van der Waals surface area contributed by atoms with Gasteiger partial charge in [0.1, 0.15) is 0 Å². The van der Waals surface area contributed by atoms with E-state index < -0.39 is 5.97 Å². The Kier molecular flexibility index (Phi) is 2.65. The second-order valence-corrected chi connectivity index (χ2v) is 2.50. The molecular formula is C6H11N2O2. The van der Waals surface area contributed by atoms with Crippen LogP contribution in [0.25, 0.3) is 0 Å². The Balaban J connectivity index is 2.19. The first kappa shape index (κ1) is 7.50. The highest BCUT2D eigenvalue weighted by molar-refractivity contribution is 5.67. The zero-order chi connectivity index (χ0) is 7.40. The van der Waals surface area contributed by atoms with Gasteiger partial charge in [0, 0.05) is 19.5 Å². The largest absolute Gasteiger partial charge is 0.481 e. The highest BCUT2D eigenvalue weighted by atomic mass is 16.4. The van der Waals surface area contributed by atoms with E-state index in [4.69, 9.17) is 5.11 Å². The number of carbonyl (C=O) groups is 1. The van der Waals surface area contributed by atoms with Gasteiger partial charge in [-0.2, -0.15) is 5.43 Å². The molecule has 1 atom stereocenters. The predicted octanol–water partition coefficient (Wildman–Crippen LogP) is -0.410. The Morgan fingerprint density at radius 2 is 2.60 bits per heavy atom. The van der Waals surface area contributed by atoms with Gasteiger partial charge < -0.3 is 5.11 Å². The molecule has 1 aliphatic heterocycles. The molecule has 0 aromatic carbocycles. The second-order valence-electron chi connectivity index (χ2n) is 2.50. The maximum Gasteiger partial charge on any atom is 0.303 e. The van der Waals surface area contributed by atoms with Gasteiger partial charge in [0.25, 0.3) is 0 Å². The van der Waals surface area contributed by atoms with Crippen molar-refractivity contribution in [1.82, 2.24) is 10.9 Å². The van der Waals surface area contributed by atoms with Crippen molar-refractivity contribution in [3.63, 3.8) is 0 Å². The van der Waals surface area contributed by atoms with E-state index >= 15 is 0 Å². The lowest BCUT2D eigenvalue weighted by Crippen LogP contribution is -2.38. The smallest absolute Gasteiger partial charge is 0.303 e. The van der Waals surface area contributed by atoms with Crippen LogP contribution in [0.15, 0.2) is 0 Å². The summed E-state index contributed by atoms with van der Waals surface area (Å²) in [6.07, 6.45) is 1.17. The summed E-state index contributed by atoms with van der Waals surface area (Å²) < 4.78 is 0. The maximum absolute atomic E-state index is 10.2. The Hall–Kier alpha value is -0.610. The van der Waals surface area contributed by atoms with Gasteiger partial charge in [-0.1, -0.05) is 0 Å². The number of nitrogens with zero attached hydrogens (tertiary/aromatic N) is 1. The topological polar surface area (TPSA) is 63.4 Å². The van der Waals surface area contributed by atoms with Gasteiger partial charge in [0.2, 0.25) is 0 Å². The van der Waals surface area contributed by atoms with E-state index in [1.54, 1.807) is 0 Å². The third-order valence-electron chi connectivity index (χ3n) is 1.60. The van der Waals surface area contributed by atoms with Crippen LogP contribution >= 0.6 is 0 Å². The van der Waals surface area contributed by atoms with Gasteiger partial charge in [-0.25, -0.2) is 5.43 Å². The zero-order valence-electron chi connectivity index (χ0n) is 5.71. The maximum atomic E-state index is 10.2. The molecule has 1 radical (unpaired) electrons. The Bertz CT molecular complexity index is 121. The van der Waals surface area contributed by atoms with Crippen molar-refractivity contribution in [1.29, 1.82) is 0 Å². The minimum atomic E-state index is -0.714. The highest BCUT2D eigenvalue weighted by Gasteiger charge is 2.15. The molecule has 0 amide bonds. The Labute approximate surface area is 59.6 Å². The average Bonchev–Trinajstić information content (AvgIpc) is 1.88. The van der Waals surface area contributed by atoms with Crippen molar-refractivity contribution in [2.24, 2.45) is 5.92 Å². The van der Waals surface area contributed by atoms with Crippen LogP contribution in [0.5, 0.6) is 0 Å². The third kappa shape index (κ3) is 2.33. The molecule has 0 aliphatic carbocycles. The lowest BCUT2D eigenvalue weighted by atomic mass is 10.0. The molecule has 0 spiro atoms. The summed E-state index contributed by atoms with van der Waals surface area (Å²) in [6, 6.07) is 0. The van der Waals surface area contributed by atoms with Crippen molar-refractivity contribution in [2.75, 3.05) is 13.1 Å². The van der Waals surface area contributed by atoms with Crippen LogP contribution in [0, 0.1) is 5.92 Å². The quantitative estimate of drug-likeness (QED) is 0.552. The van der Waals surface area contributed by atoms with Crippen LogP contribution in [-0.2, 0) is 4.79 Å². The molecule has 0 bridgehead atoms. The van der Waals surface area contributed by atoms with E-state index in [1.165, 1.54) is 0 Å². The van der Waals surface area contributed by atoms with Crippen LogP contribution in [0.1, 0.15) is 12.8 Å². The summed E-state index contributed by atoms with van der Waals surface area (Å²) in [5.74, 6) is -0.441. The summed E-state index contributed by atoms with van der Waals surface area (Å²) in [6.45, 7) is 1.46. The van der Waals surface area contributed by atoms with Crippen LogP contribution in [0.4, 0.5) is 0 Å². The molecule has 0 aromatic heterocycles. The van der Waals surface area contributed by atoms with Crippen molar-refractivity contribution >= 4 is 5.97 Å². The van der Waals surface area contributed by atoms with Gasteiger partial charge in [-0.05, 0) is 12.3 Å². The molecule has 1 saturated heterocycles. The number of rotatable bonds is 2. The van der Waals surface area contributed by atoms with E-state index in [9.17, 15) is 4.79 Å². The first-order chi connectivity index (χ1) is 4.79. The molecule has 1 unspecified atom stereocenters. The third-order valence-corrected chi connectivity index (χ3v) is 1.60. The van der Waals surface area contributed by atoms with Gasteiger partial charge in [0.15, 0.2) is 0 Å². The Morgan fingerprint density at radius 1 is 1.80 bits per heavy atom. The minimum Gasteiger partial charge on any atom is -0.481 e. The molecule has 10 heavy (non-hydrogen) atoms. The van der Waals surface area contributed by atoms with Gasteiger partial charge >= 0.3 is 5.97 Å². The van der Waals surface area contributed by atoms with Crippen LogP contribution < -0.4 is 10.9 Å². The summed E-state index contributed by atoms with van der Waals surface area (Å²) in [5.41, 5.74) is 6.69. The van der Waals surface area contributed by atoms with Gasteiger partial charge in [-0.15, -0.1) is 0 Å². The highest BCUT2D eigenvalue weighted by Crippen LogP contribution is 2.08. The van der Waals surface area contributed by atoms with Crippen molar-refractivity contribution in [3.05, 3.63) is 0 Å². The van der Waals surface area contributed by atoms with Crippen molar-refractivity contribution in [2.45, 2.75) is 12.8 Å². The standard InChI is InChI=1S/C6H11N2O2/c9-6(10)3-5-1-2-7-8-4-5/h5,8H,1-4H2,(H,9,10). The lowest BCUT2D eigenvalue weighted by molar-refractivity contribution is -0.138. The Morgan fingerprint density at radius 3 is 3.10 bits per heavy atom. The normalized spacial score (nSPS) is 26.2. The first-order valence-electron chi connectivity index (χ1n) is 3.40. The molecule has 0 saturated carbocycles. The van der Waals surface area contributed by atoms with Crippen molar-refractivity contribution in [3.8, 4) is 0 Å². The van der Waals surface area contributed by atoms with Gasteiger partial charge in [-0.3, -0.25) is 4.79 Å². The molecule has 57 valence electrons. The molecule has 4 nitrogen and oxygen atoms in total. The average molecular weight is 143 g/mol. The summed E-state index contributed by atoms with van der Waals surface area (Å²) in [7, 11) is 0. The zero-order valence-corrected chi connectivity index (χ0v) is 5.71. The van der Waals surface area contributed by atoms with Crippen molar-refractivity contribution < 1.29 is 9.90 Å². The molecule has 4 heteroatoms. The molecule has 1 rings (SSSR count). The summed E-state index contributed by atoms with van der Waals surface area (Å²) in [5, 5.41) is 8.41. The molecule has 1 aliphatic rings. The van der Waals surface area contributed by atoms with Crippen LogP contribution in [0.2, 0.25) is 0 Å². The minimum absolute atomic E-state index is 0.266. The fraction of sp³-hybridized carbons (Fsp3) is 0.833. The van der Waals surface area contributed by atoms with E-state index in [2.05, 4.69) is 10.9 Å². The van der Waals surface area contributed by atoms with Gasteiger partial charge in [0.05, 0.1) is 0 Å². The monoisotopic (exact) mass is 143 g/mol. The van der Waals surface area contributed by atoms with Crippen LogP contribution in [-0.4, -0.2) is 24.2 Å². The van der Waals surface area contributed by atoms with E-state index in [0.29, 0.717) is 6.54 Å². The fourth-order valence-electron chi connectivity index (χ4n) is 1.04. The van der Waals surface area contributed by atoms with Crippen LogP contribution in [0.3, 0.4) is 0 Å². The number of hydrogen-bond donors (Lipinski definition) is 2.